The van der Waals surface area contributed by atoms with Crippen molar-refractivity contribution >= 4 is 11.6 Å². The van der Waals surface area contributed by atoms with Crippen LogP contribution in [-0.4, -0.2) is 30.8 Å². The van der Waals surface area contributed by atoms with E-state index in [9.17, 15) is 23.1 Å². The van der Waals surface area contributed by atoms with Crippen LogP contribution in [-0.2, 0) is 15.7 Å². The van der Waals surface area contributed by atoms with E-state index in [0.29, 0.717) is 6.07 Å². The molecule has 0 unspecified atom stereocenters. The van der Waals surface area contributed by atoms with Gasteiger partial charge in [-0.3, -0.25) is 4.79 Å². The first-order chi connectivity index (χ1) is 8.84. The summed E-state index contributed by atoms with van der Waals surface area (Å²) >= 11 is 0. The van der Waals surface area contributed by atoms with Crippen LogP contribution in [0.4, 0.5) is 18.9 Å². The van der Waals surface area contributed by atoms with Gasteiger partial charge in [-0.2, -0.15) is 13.2 Å². The molecule has 1 aromatic carbocycles. The molecule has 0 saturated carbocycles. The Kier molecular flexibility index (Phi) is 5.13. The molecule has 5 nitrogen and oxygen atoms in total. The highest BCUT2D eigenvalue weighted by Crippen LogP contribution is 2.34. The SMILES string of the molecule is NCCOCC(=O)Nc1cc(C(F)(F)F)ccc1O. The number of halogens is 3. The number of benzene rings is 1. The maximum atomic E-state index is 12.5. The minimum Gasteiger partial charge on any atom is -0.506 e. The lowest BCUT2D eigenvalue weighted by Crippen LogP contribution is -2.21. The second-order valence-corrected chi connectivity index (χ2v) is 3.62. The molecule has 4 N–H and O–H groups in total. The number of phenols is 1. The average molecular weight is 278 g/mol. The number of rotatable bonds is 5. The molecular formula is C11H13F3N2O3. The number of anilines is 1. The Morgan fingerprint density at radius 2 is 2.11 bits per heavy atom. The van der Waals surface area contributed by atoms with Crippen LogP contribution in [0.1, 0.15) is 5.56 Å². The van der Waals surface area contributed by atoms with E-state index in [2.05, 4.69) is 5.32 Å². The fraction of sp³-hybridized carbons (Fsp3) is 0.364. The third kappa shape index (κ3) is 4.76. The number of phenolic OH excluding ortho intramolecular Hbond substituents is 1. The summed E-state index contributed by atoms with van der Waals surface area (Å²) in [5.74, 6) is -1.14. The fourth-order valence-corrected chi connectivity index (χ4v) is 1.25. The van der Waals surface area contributed by atoms with Gasteiger partial charge in [-0.15, -0.1) is 0 Å². The van der Waals surface area contributed by atoms with Crippen LogP contribution in [0.25, 0.3) is 0 Å². The first-order valence-electron chi connectivity index (χ1n) is 5.32. The summed E-state index contributed by atoms with van der Waals surface area (Å²) in [6, 6.07) is 2.23. The number of carbonyl (C=O) groups is 1. The van der Waals surface area contributed by atoms with Crippen molar-refractivity contribution in [1.82, 2.24) is 0 Å². The predicted octanol–water partition coefficient (Wildman–Crippen LogP) is 1.32. The zero-order valence-corrected chi connectivity index (χ0v) is 9.83. The molecule has 106 valence electrons. The first kappa shape index (κ1) is 15.3. The molecule has 0 bridgehead atoms. The maximum absolute atomic E-state index is 12.5. The Hall–Kier alpha value is -1.80. The normalized spacial score (nSPS) is 11.4. The van der Waals surface area contributed by atoms with Crippen molar-refractivity contribution < 1.29 is 27.8 Å². The molecular weight excluding hydrogens is 265 g/mol. The molecule has 0 fully saturated rings. The van der Waals surface area contributed by atoms with Crippen LogP contribution in [0, 0.1) is 0 Å². The Bertz CT molecular complexity index is 449. The number of nitrogens with two attached hydrogens (primary N) is 1. The Morgan fingerprint density at radius 1 is 1.42 bits per heavy atom. The summed E-state index contributed by atoms with van der Waals surface area (Å²) < 4.78 is 42.2. The number of amides is 1. The summed E-state index contributed by atoms with van der Waals surface area (Å²) in [5.41, 5.74) is 3.85. The zero-order valence-electron chi connectivity index (χ0n) is 9.83. The van der Waals surface area contributed by atoms with E-state index < -0.39 is 23.4 Å². The molecule has 0 aliphatic heterocycles. The van der Waals surface area contributed by atoms with Gasteiger partial charge >= 0.3 is 6.18 Å². The van der Waals surface area contributed by atoms with E-state index in [1.165, 1.54) is 0 Å². The second-order valence-electron chi connectivity index (χ2n) is 3.62. The molecule has 0 aromatic heterocycles. The quantitative estimate of drug-likeness (QED) is 0.560. The molecule has 0 saturated heterocycles. The highest BCUT2D eigenvalue weighted by Gasteiger charge is 2.31. The van der Waals surface area contributed by atoms with Crippen molar-refractivity contribution in [2.75, 3.05) is 25.1 Å². The van der Waals surface area contributed by atoms with Crippen molar-refractivity contribution in [3.8, 4) is 5.75 Å². The van der Waals surface area contributed by atoms with Gasteiger partial charge in [-0.1, -0.05) is 0 Å². The van der Waals surface area contributed by atoms with Gasteiger partial charge in [0.1, 0.15) is 12.4 Å². The largest absolute Gasteiger partial charge is 0.506 e. The van der Waals surface area contributed by atoms with Gasteiger partial charge in [0.2, 0.25) is 5.91 Å². The van der Waals surface area contributed by atoms with Gasteiger partial charge in [0.05, 0.1) is 17.9 Å². The van der Waals surface area contributed by atoms with E-state index in [0.717, 1.165) is 12.1 Å². The maximum Gasteiger partial charge on any atom is 0.416 e. The van der Waals surface area contributed by atoms with Crippen molar-refractivity contribution in [2.45, 2.75) is 6.18 Å². The molecule has 0 spiro atoms. The number of alkyl halides is 3. The van der Waals surface area contributed by atoms with Crippen molar-refractivity contribution in [1.29, 1.82) is 0 Å². The monoisotopic (exact) mass is 278 g/mol. The van der Waals surface area contributed by atoms with Crippen LogP contribution >= 0.6 is 0 Å². The van der Waals surface area contributed by atoms with E-state index >= 15 is 0 Å². The summed E-state index contributed by atoms with van der Waals surface area (Å²) in [5, 5.41) is 11.5. The number of hydrogen-bond donors (Lipinski definition) is 3. The molecule has 19 heavy (non-hydrogen) atoms. The minimum atomic E-state index is -4.55. The van der Waals surface area contributed by atoms with Crippen LogP contribution in [0.2, 0.25) is 0 Å². The molecule has 0 aliphatic carbocycles. The number of nitrogens with one attached hydrogen (secondary N) is 1. The number of hydrogen-bond acceptors (Lipinski definition) is 4. The minimum absolute atomic E-state index is 0.155. The molecule has 1 rings (SSSR count). The molecule has 0 aliphatic rings. The van der Waals surface area contributed by atoms with Crippen molar-refractivity contribution in [2.24, 2.45) is 5.73 Å². The van der Waals surface area contributed by atoms with Gasteiger partial charge in [0.25, 0.3) is 0 Å². The van der Waals surface area contributed by atoms with Crippen molar-refractivity contribution in [3.63, 3.8) is 0 Å². The average Bonchev–Trinajstić information content (AvgIpc) is 2.31. The fourth-order valence-electron chi connectivity index (χ4n) is 1.25. The van der Waals surface area contributed by atoms with Gasteiger partial charge in [0.15, 0.2) is 0 Å². The van der Waals surface area contributed by atoms with Crippen LogP contribution in [0.3, 0.4) is 0 Å². The predicted molar refractivity (Wildman–Crippen MR) is 61.6 cm³/mol. The van der Waals surface area contributed by atoms with E-state index in [-0.39, 0.29) is 25.4 Å². The number of ether oxygens (including phenoxy) is 1. The third-order valence-corrected chi connectivity index (χ3v) is 2.09. The molecule has 1 amide bonds. The van der Waals surface area contributed by atoms with Gasteiger partial charge < -0.3 is 20.9 Å². The van der Waals surface area contributed by atoms with Gasteiger partial charge in [0, 0.05) is 6.54 Å². The molecule has 8 heteroatoms. The zero-order chi connectivity index (χ0) is 14.5. The van der Waals surface area contributed by atoms with Crippen molar-refractivity contribution in [3.05, 3.63) is 23.8 Å². The Morgan fingerprint density at radius 3 is 2.68 bits per heavy atom. The highest BCUT2D eigenvalue weighted by atomic mass is 19.4. The summed E-state index contributed by atoms with van der Waals surface area (Å²) in [6.07, 6.45) is -4.55. The summed E-state index contributed by atoms with van der Waals surface area (Å²) in [7, 11) is 0. The number of aromatic hydroxyl groups is 1. The van der Waals surface area contributed by atoms with Crippen LogP contribution < -0.4 is 11.1 Å². The first-order valence-corrected chi connectivity index (χ1v) is 5.32. The van der Waals surface area contributed by atoms with Crippen LogP contribution in [0.15, 0.2) is 18.2 Å². The lowest BCUT2D eigenvalue weighted by atomic mass is 10.2. The number of carbonyl (C=O) groups excluding carboxylic acids is 1. The van der Waals surface area contributed by atoms with Crippen LogP contribution in [0.5, 0.6) is 5.75 Å². The van der Waals surface area contributed by atoms with E-state index in [1.807, 2.05) is 0 Å². The van der Waals surface area contributed by atoms with Gasteiger partial charge in [-0.25, -0.2) is 0 Å². The van der Waals surface area contributed by atoms with E-state index in [4.69, 9.17) is 10.5 Å². The lowest BCUT2D eigenvalue weighted by molar-refractivity contribution is -0.137. The Labute approximate surface area is 107 Å². The molecule has 0 heterocycles. The summed E-state index contributed by atoms with van der Waals surface area (Å²) in [6.45, 7) is 0.0248. The smallest absolute Gasteiger partial charge is 0.416 e. The Balaban J connectivity index is 2.74. The van der Waals surface area contributed by atoms with Gasteiger partial charge in [-0.05, 0) is 18.2 Å². The molecule has 0 radical (unpaired) electrons. The third-order valence-electron chi connectivity index (χ3n) is 2.09. The van der Waals surface area contributed by atoms with E-state index in [1.54, 1.807) is 0 Å². The molecule has 0 atom stereocenters. The molecule has 1 aromatic rings. The second kappa shape index (κ2) is 6.39. The summed E-state index contributed by atoms with van der Waals surface area (Å²) in [4.78, 5) is 11.3. The standard InChI is InChI=1S/C11H13F3N2O3/c12-11(13,14)7-1-2-9(17)8(5-7)16-10(18)6-19-4-3-15/h1-2,5,17H,3-4,6,15H2,(H,16,18). The lowest BCUT2D eigenvalue weighted by Gasteiger charge is -2.11. The topological polar surface area (TPSA) is 84.6 Å². The highest BCUT2D eigenvalue weighted by molar-refractivity contribution is 5.93.